The normalized spacial score (nSPS) is 12.3. The van der Waals surface area contributed by atoms with Crippen molar-refractivity contribution in [3.63, 3.8) is 0 Å². The lowest BCUT2D eigenvalue weighted by atomic mass is 10.1. The smallest absolute Gasteiger partial charge is 0.255 e. The number of alkyl halides is 3. The number of nitrogens with one attached hydrogen (secondary N) is 1. The molecule has 0 aliphatic heterocycles. The van der Waals surface area contributed by atoms with Gasteiger partial charge in [-0.05, 0) is 30.3 Å². The summed E-state index contributed by atoms with van der Waals surface area (Å²) in [5.74, 6) is 0. The summed E-state index contributed by atoms with van der Waals surface area (Å²) in [6, 6.07) is 18.5. The molecule has 2 aromatic heterocycles. The highest BCUT2D eigenvalue weighted by molar-refractivity contribution is 7.22. The standard InChI is InChI=1S/C20H13F3N4S/c21-20(22,23)14-9-10-17-16(12-14)25-19(28-17)27-26-18(13-6-2-1-3-7-13)15-8-4-5-11-24-15/h1-12H,(H,25,27)/b26-18+. The molecule has 0 atom stereocenters. The number of hydrogen-bond donors (Lipinski definition) is 1. The Bertz CT molecular complexity index is 1080. The van der Waals surface area contributed by atoms with E-state index in [4.69, 9.17) is 0 Å². The lowest BCUT2D eigenvalue weighted by molar-refractivity contribution is -0.137. The minimum atomic E-state index is -4.40. The Morgan fingerprint density at radius 2 is 1.75 bits per heavy atom. The lowest BCUT2D eigenvalue weighted by Crippen LogP contribution is -2.08. The number of hydrogen-bond acceptors (Lipinski definition) is 5. The third-order valence-electron chi connectivity index (χ3n) is 3.93. The van der Waals surface area contributed by atoms with Gasteiger partial charge in [0, 0.05) is 11.8 Å². The van der Waals surface area contributed by atoms with Crippen LogP contribution in [-0.2, 0) is 6.18 Å². The first kappa shape index (κ1) is 18.1. The summed E-state index contributed by atoms with van der Waals surface area (Å²) in [5, 5.41) is 4.83. The molecule has 0 aliphatic rings. The summed E-state index contributed by atoms with van der Waals surface area (Å²) in [6.45, 7) is 0. The zero-order valence-electron chi connectivity index (χ0n) is 14.3. The van der Waals surface area contributed by atoms with Crippen LogP contribution in [0.1, 0.15) is 16.8 Å². The first-order valence-corrected chi connectivity index (χ1v) is 9.11. The molecule has 2 heterocycles. The van der Waals surface area contributed by atoms with Gasteiger partial charge >= 0.3 is 6.18 Å². The van der Waals surface area contributed by atoms with E-state index in [9.17, 15) is 13.2 Å². The van der Waals surface area contributed by atoms with Crippen LogP contribution in [0, 0.1) is 0 Å². The summed E-state index contributed by atoms with van der Waals surface area (Å²) in [6.07, 6.45) is -2.73. The Labute approximate surface area is 162 Å². The van der Waals surface area contributed by atoms with Crippen LogP contribution >= 0.6 is 11.3 Å². The van der Waals surface area contributed by atoms with Crippen LogP contribution < -0.4 is 5.43 Å². The van der Waals surface area contributed by atoms with Gasteiger partial charge in [0.25, 0.3) is 0 Å². The highest BCUT2D eigenvalue weighted by atomic mass is 32.1. The van der Waals surface area contributed by atoms with Crippen molar-refractivity contribution in [3.05, 3.63) is 89.7 Å². The monoisotopic (exact) mass is 398 g/mol. The average Bonchev–Trinajstić information content (AvgIpc) is 3.11. The SMILES string of the molecule is FC(F)(F)c1ccc2sc(N/N=C(\c3ccccc3)c3ccccn3)nc2c1. The molecular weight excluding hydrogens is 385 g/mol. The average molecular weight is 398 g/mol. The molecule has 0 saturated heterocycles. The molecule has 8 heteroatoms. The molecule has 0 amide bonds. The molecule has 0 spiro atoms. The highest BCUT2D eigenvalue weighted by Gasteiger charge is 2.30. The van der Waals surface area contributed by atoms with E-state index >= 15 is 0 Å². The molecule has 0 saturated carbocycles. The number of thiazole rings is 1. The van der Waals surface area contributed by atoms with Crippen molar-refractivity contribution in [1.29, 1.82) is 0 Å². The molecule has 4 rings (SSSR count). The number of hydrazone groups is 1. The quantitative estimate of drug-likeness (QED) is 0.361. The van der Waals surface area contributed by atoms with E-state index in [1.165, 1.54) is 17.4 Å². The zero-order chi connectivity index (χ0) is 19.6. The Kier molecular flexibility index (Phi) is 4.79. The molecule has 0 fully saturated rings. The zero-order valence-corrected chi connectivity index (χ0v) is 15.1. The predicted molar refractivity (Wildman–Crippen MR) is 105 cm³/mol. The Hall–Kier alpha value is -3.26. The van der Waals surface area contributed by atoms with Crippen molar-refractivity contribution < 1.29 is 13.2 Å². The van der Waals surface area contributed by atoms with Crippen LogP contribution in [0.15, 0.2) is 78.0 Å². The van der Waals surface area contributed by atoms with Crippen LogP contribution in [-0.4, -0.2) is 15.7 Å². The fourth-order valence-corrected chi connectivity index (χ4v) is 3.41. The van der Waals surface area contributed by atoms with Crippen LogP contribution in [0.5, 0.6) is 0 Å². The molecule has 28 heavy (non-hydrogen) atoms. The molecule has 0 bridgehead atoms. The molecule has 1 N–H and O–H groups in total. The number of rotatable bonds is 4. The van der Waals surface area contributed by atoms with E-state index < -0.39 is 11.7 Å². The van der Waals surface area contributed by atoms with Crippen molar-refractivity contribution >= 4 is 32.4 Å². The number of halogens is 3. The van der Waals surface area contributed by atoms with Gasteiger partial charge in [-0.3, -0.25) is 10.4 Å². The van der Waals surface area contributed by atoms with Gasteiger partial charge in [0.2, 0.25) is 5.13 Å². The van der Waals surface area contributed by atoms with E-state index in [1.807, 2.05) is 48.5 Å². The maximum atomic E-state index is 12.9. The summed E-state index contributed by atoms with van der Waals surface area (Å²) in [7, 11) is 0. The fourth-order valence-electron chi connectivity index (χ4n) is 2.62. The Morgan fingerprint density at radius 3 is 2.46 bits per heavy atom. The third kappa shape index (κ3) is 3.86. The van der Waals surface area contributed by atoms with Crippen molar-refractivity contribution in [1.82, 2.24) is 9.97 Å². The van der Waals surface area contributed by atoms with Crippen LogP contribution in [0.25, 0.3) is 10.2 Å². The topological polar surface area (TPSA) is 50.2 Å². The van der Waals surface area contributed by atoms with Gasteiger partial charge in [0.15, 0.2) is 0 Å². The first-order valence-electron chi connectivity index (χ1n) is 8.29. The van der Waals surface area contributed by atoms with Gasteiger partial charge in [0.1, 0.15) is 5.71 Å². The molecule has 0 aliphatic carbocycles. The van der Waals surface area contributed by atoms with Gasteiger partial charge < -0.3 is 0 Å². The first-order chi connectivity index (χ1) is 13.5. The van der Waals surface area contributed by atoms with Gasteiger partial charge in [0.05, 0.1) is 21.5 Å². The lowest BCUT2D eigenvalue weighted by Gasteiger charge is -2.06. The molecule has 4 aromatic rings. The Morgan fingerprint density at radius 1 is 0.964 bits per heavy atom. The van der Waals surface area contributed by atoms with E-state index in [1.54, 1.807) is 6.20 Å². The number of pyridine rings is 1. The van der Waals surface area contributed by atoms with Gasteiger partial charge in [-0.15, -0.1) is 0 Å². The minimum absolute atomic E-state index is 0.275. The summed E-state index contributed by atoms with van der Waals surface area (Å²) < 4.78 is 39.3. The van der Waals surface area contributed by atoms with Crippen molar-refractivity contribution in [2.75, 3.05) is 5.43 Å². The van der Waals surface area contributed by atoms with Crippen LogP contribution in [0.3, 0.4) is 0 Å². The number of nitrogens with zero attached hydrogens (tertiary/aromatic N) is 3. The maximum absolute atomic E-state index is 12.9. The Balaban J connectivity index is 1.69. The van der Waals surface area contributed by atoms with Crippen molar-refractivity contribution in [2.24, 2.45) is 5.10 Å². The molecular formula is C20H13F3N4S. The van der Waals surface area contributed by atoms with Gasteiger partial charge in [-0.2, -0.15) is 18.3 Å². The van der Waals surface area contributed by atoms with Gasteiger partial charge in [-0.1, -0.05) is 47.7 Å². The number of fused-ring (bicyclic) bond motifs is 1. The van der Waals surface area contributed by atoms with Gasteiger partial charge in [-0.25, -0.2) is 4.98 Å². The second-order valence-electron chi connectivity index (χ2n) is 5.85. The number of benzene rings is 2. The van der Waals surface area contributed by atoms with E-state index in [2.05, 4.69) is 20.5 Å². The largest absolute Gasteiger partial charge is 0.416 e. The fraction of sp³-hybridized carbons (Fsp3) is 0.0500. The molecule has 140 valence electrons. The number of aromatic nitrogens is 2. The molecule has 0 radical (unpaired) electrons. The van der Waals surface area contributed by atoms with E-state index in [0.717, 1.165) is 17.7 Å². The molecule has 2 aromatic carbocycles. The summed E-state index contributed by atoms with van der Waals surface area (Å²) in [4.78, 5) is 8.56. The second kappa shape index (κ2) is 7.40. The van der Waals surface area contributed by atoms with Crippen molar-refractivity contribution in [3.8, 4) is 0 Å². The minimum Gasteiger partial charge on any atom is -0.255 e. The van der Waals surface area contributed by atoms with E-state index in [0.29, 0.717) is 21.2 Å². The van der Waals surface area contributed by atoms with Crippen molar-refractivity contribution in [2.45, 2.75) is 6.18 Å². The number of anilines is 1. The highest BCUT2D eigenvalue weighted by Crippen LogP contribution is 2.34. The second-order valence-corrected chi connectivity index (χ2v) is 6.88. The molecule has 0 unspecified atom stereocenters. The van der Waals surface area contributed by atoms with Crippen LogP contribution in [0.4, 0.5) is 18.3 Å². The van der Waals surface area contributed by atoms with Crippen LogP contribution in [0.2, 0.25) is 0 Å². The third-order valence-corrected chi connectivity index (χ3v) is 4.87. The van der Waals surface area contributed by atoms with E-state index in [-0.39, 0.29) is 5.52 Å². The summed E-state index contributed by atoms with van der Waals surface area (Å²) >= 11 is 1.23. The summed E-state index contributed by atoms with van der Waals surface area (Å²) in [5.41, 5.74) is 4.55. The maximum Gasteiger partial charge on any atom is 0.416 e. The predicted octanol–water partition coefficient (Wildman–Crippen LogP) is 5.57. The molecule has 4 nitrogen and oxygen atoms in total.